The average molecular weight is 306 g/mol. The molecule has 5 nitrogen and oxygen atoms in total. The lowest BCUT2D eigenvalue weighted by Crippen LogP contribution is -2.18. The number of hydrogen-bond donors (Lipinski definition) is 0. The summed E-state index contributed by atoms with van der Waals surface area (Å²) in [6.07, 6.45) is 0. The normalized spacial score (nSPS) is 13.2. The molecule has 0 saturated carbocycles. The van der Waals surface area contributed by atoms with Gasteiger partial charge in [0.2, 0.25) is 0 Å². The van der Waals surface area contributed by atoms with Gasteiger partial charge in [0.15, 0.2) is 5.66 Å². The van der Waals surface area contributed by atoms with E-state index in [1.54, 1.807) is 32.2 Å². The van der Waals surface area contributed by atoms with Crippen molar-refractivity contribution in [3.63, 3.8) is 0 Å². The first-order chi connectivity index (χ1) is 9.09. The number of thiophene rings is 1. The lowest BCUT2D eigenvalue weighted by atomic mass is 10.2. The van der Waals surface area contributed by atoms with Crippen molar-refractivity contribution in [2.24, 2.45) is 0 Å². The number of carbonyl (C=O) groups is 1. The van der Waals surface area contributed by atoms with Crippen LogP contribution in [0.4, 0.5) is 0 Å². The van der Waals surface area contributed by atoms with E-state index < -0.39 is 19.2 Å². The van der Waals surface area contributed by atoms with Crippen LogP contribution in [0.25, 0.3) is 0 Å². The minimum Gasteiger partial charge on any atom is -0.465 e. The lowest BCUT2D eigenvalue weighted by molar-refractivity contribution is -0.143. The predicted octanol–water partition coefficient (Wildman–Crippen LogP) is 3.62. The summed E-state index contributed by atoms with van der Waals surface area (Å²) in [6, 6.07) is 1.73. The highest BCUT2D eigenvalue weighted by atomic mass is 32.1. The van der Waals surface area contributed by atoms with E-state index in [0.29, 0.717) is 5.56 Å². The summed E-state index contributed by atoms with van der Waals surface area (Å²) in [4.78, 5) is 12.1. The van der Waals surface area contributed by atoms with Crippen molar-refractivity contribution in [2.45, 2.75) is 26.4 Å². The Morgan fingerprint density at radius 2 is 1.89 bits per heavy atom. The molecular formula is C12H19O5PS. The third-order valence-electron chi connectivity index (χ3n) is 2.30. The minimum atomic E-state index is -3.57. The maximum Gasteiger partial charge on any atom is 0.349 e. The second kappa shape index (κ2) is 7.80. The summed E-state index contributed by atoms with van der Waals surface area (Å²) in [5, 5.41) is 3.57. The van der Waals surface area contributed by atoms with Crippen LogP contribution in [0.1, 0.15) is 32.0 Å². The van der Waals surface area contributed by atoms with Crippen LogP contribution >= 0.6 is 18.9 Å². The number of carbonyl (C=O) groups excluding carboxylic acids is 1. The molecular weight excluding hydrogens is 287 g/mol. The molecule has 0 spiro atoms. The van der Waals surface area contributed by atoms with Crippen molar-refractivity contribution in [1.82, 2.24) is 0 Å². The molecule has 0 saturated heterocycles. The molecule has 0 aromatic carbocycles. The van der Waals surface area contributed by atoms with E-state index in [2.05, 4.69) is 0 Å². The van der Waals surface area contributed by atoms with Crippen LogP contribution in [0.3, 0.4) is 0 Å². The van der Waals surface area contributed by atoms with Crippen molar-refractivity contribution >= 4 is 24.9 Å². The van der Waals surface area contributed by atoms with Gasteiger partial charge in [0.1, 0.15) is 0 Å². The first kappa shape index (κ1) is 16.4. The molecule has 108 valence electrons. The van der Waals surface area contributed by atoms with Gasteiger partial charge in [-0.2, -0.15) is 11.3 Å². The standard InChI is InChI=1S/C12H19O5PS/c1-4-15-12(13)11(10-7-8-19-9-10)18(14,16-5-2)17-6-3/h7-9,11H,4-6H2,1-3H3/t11-/m0/s1. The summed E-state index contributed by atoms with van der Waals surface area (Å²) in [5.41, 5.74) is -0.410. The van der Waals surface area contributed by atoms with Gasteiger partial charge < -0.3 is 13.8 Å². The fourth-order valence-electron chi connectivity index (χ4n) is 1.65. The third-order valence-corrected chi connectivity index (χ3v) is 5.38. The molecule has 1 heterocycles. The fraction of sp³-hybridized carbons (Fsp3) is 0.583. The smallest absolute Gasteiger partial charge is 0.349 e. The van der Waals surface area contributed by atoms with E-state index in [1.165, 1.54) is 11.3 Å². The summed E-state index contributed by atoms with van der Waals surface area (Å²) < 4.78 is 28.3. The summed E-state index contributed by atoms with van der Waals surface area (Å²) >= 11 is 1.42. The van der Waals surface area contributed by atoms with Crippen molar-refractivity contribution in [2.75, 3.05) is 19.8 Å². The highest BCUT2D eigenvalue weighted by Crippen LogP contribution is 2.61. The van der Waals surface area contributed by atoms with Crippen LogP contribution in [0, 0.1) is 0 Å². The van der Waals surface area contributed by atoms with E-state index in [-0.39, 0.29) is 19.8 Å². The Kier molecular flexibility index (Phi) is 6.72. The zero-order valence-electron chi connectivity index (χ0n) is 11.3. The Hall–Kier alpha value is -0.680. The number of esters is 1. The molecule has 1 atom stereocenters. The lowest BCUT2D eigenvalue weighted by Gasteiger charge is -2.24. The van der Waals surface area contributed by atoms with E-state index >= 15 is 0 Å². The highest BCUT2D eigenvalue weighted by molar-refractivity contribution is 7.55. The van der Waals surface area contributed by atoms with E-state index in [9.17, 15) is 9.36 Å². The van der Waals surface area contributed by atoms with Crippen molar-refractivity contribution in [3.05, 3.63) is 22.4 Å². The molecule has 0 bridgehead atoms. The third kappa shape index (κ3) is 4.14. The average Bonchev–Trinajstić information content (AvgIpc) is 2.83. The monoisotopic (exact) mass is 306 g/mol. The minimum absolute atomic E-state index is 0.206. The summed E-state index contributed by atoms with van der Waals surface area (Å²) in [5.74, 6) is -0.578. The molecule has 0 aliphatic heterocycles. The van der Waals surface area contributed by atoms with Gasteiger partial charge in [-0.1, -0.05) is 0 Å². The molecule has 1 rings (SSSR count). The quantitative estimate of drug-likeness (QED) is 0.542. The molecule has 1 aromatic rings. The van der Waals surface area contributed by atoms with E-state index in [0.717, 1.165) is 0 Å². The maximum absolute atomic E-state index is 12.8. The van der Waals surface area contributed by atoms with E-state index in [1.807, 2.05) is 5.38 Å². The number of hydrogen-bond acceptors (Lipinski definition) is 6. The molecule has 0 amide bonds. The highest BCUT2D eigenvalue weighted by Gasteiger charge is 2.43. The van der Waals surface area contributed by atoms with Gasteiger partial charge in [0, 0.05) is 0 Å². The molecule has 0 fully saturated rings. The van der Waals surface area contributed by atoms with Gasteiger partial charge in [-0.25, -0.2) is 0 Å². The van der Waals surface area contributed by atoms with Crippen molar-refractivity contribution in [3.8, 4) is 0 Å². The first-order valence-corrected chi connectivity index (χ1v) is 8.72. The molecule has 19 heavy (non-hydrogen) atoms. The van der Waals surface area contributed by atoms with Crippen LogP contribution in [-0.4, -0.2) is 25.8 Å². The molecule has 7 heteroatoms. The second-order valence-corrected chi connectivity index (χ2v) is 6.48. The Balaban J connectivity index is 3.13. The van der Waals surface area contributed by atoms with Crippen LogP contribution < -0.4 is 0 Å². The van der Waals surface area contributed by atoms with Gasteiger partial charge in [-0.3, -0.25) is 9.36 Å². The number of rotatable bonds is 8. The molecule has 0 unspecified atom stereocenters. The van der Waals surface area contributed by atoms with Crippen LogP contribution in [0.15, 0.2) is 16.8 Å². The molecule has 1 aromatic heterocycles. The van der Waals surface area contributed by atoms with Crippen molar-refractivity contribution < 1.29 is 23.1 Å². The van der Waals surface area contributed by atoms with Crippen LogP contribution in [-0.2, 0) is 23.1 Å². The van der Waals surface area contributed by atoms with E-state index in [4.69, 9.17) is 13.8 Å². The molecule has 0 N–H and O–H groups in total. The van der Waals surface area contributed by atoms with Crippen molar-refractivity contribution in [1.29, 1.82) is 0 Å². The zero-order chi connectivity index (χ0) is 14.3. The first-order valence-electron chi connectivity index (χ1n) is 6.16. The number of ether oxygens (including phenoxy) is 1. The largest absolute Gasteiger partial charge is 0.465 e. The van der Waals surface area contributed by atoms with Gasteiger partial charge in [0.05, 0.1) is 19.8 Å². The molecule has 0 aliphatic carbocycles. The Morgan fingerprint density at radius 3 is 2.32 bits per heavy atom. The second-order valence-electron chi connectivity index (χ2n) is 3.59. The zero-order valence-corrected chi connectivity index (χ0v) is 13.0. The Morgan fingerprint density at radius 1 is 1.26 bits per heavy atom. The summed E-state index contributed by atoms with van der Waals surface area (Å²) in [6.45, 7) is 5.75. The van der Waals surface area contributed by atoms with Crippen LogP contribution in [0.5, 0.6) is 0 Å². The van der Waals surface area contributed by atoms with Crippen LogP contribution in [0.2, 0.25) is 0 Å². The summed E-state index contributed by atoms with van der Waals surface area (Å²) in [7, 11) is -3.57. The van der Waals surface area contributed by atoms with Gasteiger partial charge in [-0.15, -0.1) is 0 Å². The molecule has 0 radical (unpaired) electrons. The maximum atomic E-state index is 12.8. The van der Waals surface area contributed by atoms with Gasteiger partial charge >= 0.3 is 13.6 Å². The molecule has 0 aliphatic rings. The predicted molar refractivity (Wildman–Crippen MR) is 74.6 cm³/mol. The topological polar surface area (TPSA) is 61.8 Å². The van der Waals surface area contributed by atoms with Gasteiger partial charge in [0.25, 0.3) is 0 Å². The SMILES string of the molecule is CCOC(=O)[C@H](c1ccsc1)P(=O)(OCC)OCC. The Labute approximate surface area is 117 Å². The Bertz CT molecular complexity index is 421. The fourth-order valence-corrected chi connectivity index (χ4v) is 4.38. The van der Waals surface area contributed by atoms with Gasteiger partial charge in [-0.05, 0) is 43.2 Å².